The van der Waals surface area contributed by atoms with Gasteiger partial charge in [-0.2, -0.15) is 0 Å². The van der Waals surface area contributed by atoms with E-state index in [1.807, 2.05) is 13.8 Å². The minimum Gasteiger partial charge on any atom is -0.449 e. The van der Waals surface area contributed by atoms with Crippen molar-refractivity contribution in [1.29, 1.82) is 0 Å². The molecule has 0 saturated heterocycles. The smallest absolute Gasteiger partial charge is 0.193 e. The number of allylic oxidation sites excluding steroid dienone is 1. The molecule has 0 aliphatic heterocycles. The minimum absolute atomic E-state index is 0.0344. The monoisotopic (exact) mass is 920 g/mol. The zero-order valence-corrected chi connectivity index (χ0v) is 47.2. The number of aryl methyl sites for hydroxylation is 1. The van der Waals surface area contributed by atoms with E-state index in [0.717, 1.165) is 31.1 Å². The van der Waals surface area contributed by atoms with Gasteiger partial charge < -0.3 is 22.5 Å². The average Bonchev–Trinajstić information content (AvgIpc) is 3.48. The Labute approximate surface area is 378 Å². The molecule has 350 valence electrons. The summed E-state index contributed by atoms with van der Waals surface area (Å²) in [6.07, 6.45) is 7.71. The lowest BCUT2D eigenvalue weighted by molar-refractivity contribution is -0.141. The highest BCUT2D eigenvalue weighted by Gasteiger charge is 2.50. The summed E-state index contributed by atoms with van der Waals surface area (Å²) in [5, 5.41) is -0.261. The Bertz CT molecular complexity index is 1710. The van der Waals surface area contributed by atoms with E-state index < -0.39 is 56.6 Å². The molecule has 5 unspecified atom stereocenters. The number of rotatable bonds is 22. The van der Waals surface area contributed by atoms with Gasteiger partial charge in [0.1, 0.15) is 44.0 Å². The first-order valence-electron chi connectivity index (χ1n) is 22.8. The van der Waals surface area contributed by atoms with Gasteiger partial charge in [0.05, 0.1) is 18.1 Å². The first-order valence-corrected chi connectivity index (χ1v) is 35.0. The van der Waals surface area contributed by atoms with E-state index in [0.29, 0.717) is 24.4 Å². The van der Waals surface area contributed by atoms with Crippen LogP contribution in [-0.2, 0) is 22.9 Å². The van der Waals surface area contributed by atoms with Crippen LogP contribution in [0.15, 0.2) is 28.2 Å². The lowest BCUT2D eigenvalue weighted by atomic mass is 9.71. The fraction of sp³-hybridized carbons (Fsp3) is 0.776. The van der Waals surface area contributed by atoms with Crippen molar-refractivity contribution in [2.75, 3.05) is 0 Å². The highest BCUT2D eigenvalue weighted by atomic mass is 28.4. The van der Waals surface area contributed by atoms with Crippen molar-refractivity contribution in [3.63, 3.8) is 0 Å². The van der Waals surface area contributed by atoms with E-state index in [-0.39, 0.29) is 45.2 Å². The Morgan fingerprint density at radius 1 is 0.836 bits per heavy atom. The molecule has 1 aromatic rings. The van der Waals surface area contributed by atoms with Crippen LogP contribution in [-0.4, -0.2) is 68.4 Å². The molecule has 0 aliphatic rings. The fourth-order valence-electron chi connectivity index (χ4n) is 6.35. The molecule has 0 radical (unpaired) electrons. The van der Waals surface area contributed by atoms with Crippen LogP contribution in [0.4, 0.5) is 4.39 Å². The lowest BCUT2D eigenvalue weighted by Crippen LogP contribution is -2.54. The third-order valence-corrected chi connectivity index (χ3v) is 28.1. The van der Waals surface area contributed by atoms with E-state index in [1.54, 1.807) is 6.92 Å². The van der Waals surface area contributed by atoms with Crippen molar-refractivity contribution >= 4 is 51.2 Å². The molecule has 0 aliphatic carbocycles. The molecule has 0 fully saturated rings. The molecule has 7 nitrogen and oxygen atoms in total. The maximum absolute atomic E-state index is 16.0. The standard InChI is InChI=1S/C49H90FNO6Si4/c1-36(29-30-42(55-59(18,19)46(4,5)6)41(50)34-39-35-54-38(3)51-39)26-24-27-37(2)44(57-61(22,23)48(10,11)12)40(28-25-33-58(15,16)17)45(53)49(13,14)43(31-32-52)56-60(20,21)47(7,8)9/h29,32,34-35,37,40,42-44H,24,26-28,30-31H2,1-23H3. The van der Waals surface area contributed by atoms with E-state index in [4.69, 9.17) is 17.7 Å². The number of nitrogens with zero attached hydrogens (tertiary/aromatic N) is 1. The first-order chi connectivity index (χ1) is 27.3. The summed E-state index contributed by atoms with van der Waals surface area (Å²) in [5.41, 5.74) is 4.18. The molecule has 0 aromatic carbocycles. The van der Waals surface area contributed by atoms with Gasteiger partial charge in [-0.3, -0.25) is 4.79 Å². The summed E-state index contributed by atoms with van der Waals surface area (Å²) in [4.78, 5) is 31.9. The molecule has 12 heteroatoms. The minimum atomic E-state index is -2.38. The van der Waals surface area contributed by atoms with Crippen LogP contribution in [0.2, 0.25) is 74.0 Å². The molecule has 0 spiro atoms. The second-order valence-corrected chi connectivity index (χ2v) is 42.9. The van der Waals surface area contributed by atoms with Crippen LogP contribution in [0.3, 0.4) is 0 Å². The largest absolute Gasteiger partial charge is 0.449 e. The van der Waals surface area contributed by atoms with Crippen LogP contribution in [0.5, 0.6) is 0 Å². The van der Waals surface area contributed by atoms with Gasteiger partial charge in [-0.05, 0) is 92.9 Å². The highest BCUT2D eigenvalue weighted by Crippen LogP contribution is 2.45. The van der Waals surface area contributed by atoms with Gasteiger partial charge in [-0.25, -0.2) is 9.37 Å². The van der Waals surface area contributed by atoms with Crippen LogP contribution < -0.4 is 0 Å². The van der Waals surface area contributed by atoms with Crippen molar-refractivity contribution in [3.8, 4) is 11.5 Å². The Hall–Kier alpha value is -1.73. The molecule has 1 heterocycles. The van der Waals surface area contributed by atoms with Crippen LogP contribution in [0, 0.1) is 35.6 Å². The molecule has 0 saturated carbocycles. The molecule has 5 atom stereocenters. The molecular formula is C49H90FNO6Si4. The maximum atomic E-state index is 16.0. The van der Waals surface area contributed by atoms with Crippen molar-refractivity contribution in [2.45, 2.75) is 228 Å². The summed E-state index contributed by atoms with van der Waals surface area (Å²) in [6, 6.07) is 0. The Kier molecular flexibility index (Phi) is 20.6. The Morgan fingerprint density at radius 2 is 1.34 bits per heavy atom. The first kappa shape index (κ1) is 57.3. The summed E-state index contributed by atoms with van der Waals surface area (Å²) in [6.45, 7) is 49.6. The zero-order chi connectivity index (χ0) is 47.8. The summed E-state index contributed by atoms with van der Waals surface area (Å²) >= 11 is 0. The van der Waals surface area contributed by atoms with Gasteiger partial charge in [0, 0.05) is 31.3 Å². The lowest BCUT2D eigenvalue weighted by Gasteiger charge is -2.46. The summed E-state index contributed by atoms with van der Waals surface area (Å²) in [5.74, 6) is 3.21. The van der Waals surface area contributed by atoms with Crippen LogP contribution in [0.25, 0.3) is 6.08 Å². The maximum Gasteiger partial charge on any atom is 0.193 e. The fourth-order valence-corrected chi connectivity index (χ4v) is 11.1. The van der Waals surface area contributed by atoms with Gasteiger partial charge in [-0.15, -0.1) is 11.5 Å². The quantitative estimate of drug-likeness (QED) is 0.0495. The predicted octanol–water partition coefficient (Wildman–Crippen LogP) is 14.7. The second kappa shape index (κ2) is 22.0. The number of hydrogen-bond acceptors (Lipinski definition) is 7. The van der Waals surface area contributed by atoms with Gasteiger partial charge in [0.2, 0.25) is 0 Å². The molecule has 1 aromatic heterocycles. The van der Waals surface area contributed by atoms with Gasteiger partial charge in [0.15, 0.2) is 30.8 Å². The van der Waals surface area contributed by atoms with Crippen molar-refractivity contribution in [3.05, 3.63) is 35.3 Å². The van der Waals surface area contributed by atoms with E-state index in [1.165, 1.54) is 12.3 Å². The number of aromatic nitrogens is 1. The number of halogens is 1. The predicted molar refractivity (Wildman–Crippen MR) is 267 cm³/mol. The van der Waals surface area contributed by atoms with Gasteiger partial charge in [0.25, 0.3) is 0 Å². The molecule has 61 heavy (non-hydrogen) atoms. The Balaban J connectivity index is 3.66. The van der Waals surface area contributed by atoms with Crippen molar-refractivity contribution < 1.29 is 31.7 Å². The van der Waals surface area contributed by atoms with E-state index >= 15 is 9.18 Å². The zero-order valence-electron chi connectivity index (χ0n) is 43.2. The van der Waals surface area contributed by atoms with Crippen molar-refractivity contribution in [2.24, 2.45) is 17.3 Å². The third kappa shape index (κ3) is 17.6. The van der Waals surface area contributed by atoms with Gasteiger partial charge >= 0.3 is 0 Å². The SMILES string of the molecule is CC(=CCC(O[Si](C)(C)C(C)(C)C)C(F)=Cc1coc(C)n1)CCCC(C)C(O[Si](C)(C)C(C)(C)C)C(CC#C[Si](C)(C)C)C(=O)C(C)(C)C(CC=O)O[Si](C)(C)C(C)(C)C. The number of ketones is 1. The molecular weight excluding hydrogens is 830 g/mol. The van der Waals surface area contributed by atoms with E-state index in [2.05, 4.69) is 158 Å². The van der Waals surface area contributed by atoms with E-state index in [9.17, 15) is 4.79 Å². The normalized spacial score (nSPS) is 17.0. The molecule has 1 rings (SSSR count). The highest BCUT2D eigenvalue weighted by molar-refractivity contribution is 6.83. The number of hydrogen-bond donors (Lipinski definition) is 0. The molecule has 0 bridgehead atoms. The number of oxazole rings is 1. The number of carbonyl (C=O) groups is 2. The molecule has 0 amide bonds. The molecule has 0 N–H and O–H groups in total. The number of Topliss-reactive ketones (excluding diaryl/α,β-unsaturated/α-hetero) is 1. The van der Waals surface area contributed by atoms with Crippen LogP contribution in [0.1, 0.15) is 140 Å². The topological polar surface area (TPSA) is 87.9 Å². The summed E-state index contributed by atoms with van der Waals surface area (Å²) < 4.78 is 42.3. The third-order valence-electron chi connectivity index (χ3n) is 13.7. The Morgan fingerprint density at radius 3 is 1.80 bits per heavy atom. The average molecular weight is 921 g/mol. The van der Waals surface area contributed by atoms with Crippen LogP contribution >= 0.6 is 0 Å². The van der Waals surface area contributed by atoms with Gasteiger partial charge in [-0.1, -0.05) is 114 Å². The second-order valence-electron chi connectivity index (χ2n) is 23.9. The summed E-state index contributed by atoms with van der Waals surface area (Å²) in [7, 11) is -8.78. The number of carbonyl (C=O) groups excluding carboxylic acids is 2. The number of aldehydes is 1. The van der Waals surface area contributed by atoms with Crippen molar-refractivity contribution in [1.82, 2.24) is 4.98 Å².